The molecular weight excluding hydrogens is 384 g/mol. The van der Waals surface area contributed by atoms with Gasteiger partial charge in [-0.2, -0.15) is 5.10 Å². The fourth-order valence-electron chi connectivity index (χ4n) is 3.21. The van der Waals surface area contributed by atoms with Crippen LogP contribution in [0.25, 0.3) is 11.3 Å². The minimum absolute atomic E-state index is 0.155. The summed E-state index contributed by atoms with van der Waals surface area (Å²) in [6.45, 7) is 4.74. The molecule has 3 aromatic rings. The van der Waals surface area contributed by atoms with E-state index in [1.807, 2.05) is 38.1 Å². The van der Waals surface area contributed by atoms with Gasteiger partial charge >= 0.3 is 0 Å². The average Bonchev–Trinajstić information content (AvgIpc) is 3.25. The van der Waals surface area contributed by atoms with Gasteiger partial charge in [-0.25, -0.2) is 0 Å². The summed E-state index contributed by atoms with van der Waals surface area (Å²) in [5.41, 5.74) is 4.43. The maximum absolute atomic E-state index is 12.7. The summed E-state index contributed by atoms with van der Waals surface area (Å²) < 4.78 is 11.1. The molecule has 8 heteroatoms. The number of anilines is 1. The molecule has 0 atom stereocenters. The molecule has 4 rings (SSSR count). The van der Waals surface area contributed by atoms with E-state index in [9.17, 15) is 9.59 Å². The molecule has 1 aromatic heterocycles. The Morgan fingerprint density at radius 2 is 1.90 bits per heavy atom. The number of aryl methyl sites for hydroxylation is 1. The van der Waals surface area contributed by atoms with Crippen LogP contribution in [-0.2, 0) is 4.79 Å². The van der Waals surface area contributed by atoms with Gasteiger partial charge in [0.05, 0.1) is 24.0 Å². The molecule has 0 saturated heterocycles. The van der Waals surface area contributed by atoms with Gasteiger partial charge in [-0.3, -0.25) is 14.7 Å². The maximum Gasteiger partial charge on any atom is 0.255 e. The van der Waals surface area contributed by atoms with Crippen LogP contribution in [-0.4, -0.2) is 41.8 Å². The van der Waals surface area contributed by atoms with E-state index in [2.05, 4.69) is 20.8 Å². The summed E-state index contributed by atoms with van der Waals surface area (Å²) in [5, 5.41) is 12.3. The first-order valence-corrected chi connectivity index (χ1v) is 9.60. The molecule has 0 saturated carbocycles. The third-order valence-corrected chi connectivity index (χ3v) is 5.00. The van der Waals surface area contributed by atoms with Crippen molar-refractivity contribution in [1.29, 1.82) is 0 Å². The van der Waals surface area contributed by atoms with Crippen LogP contribution in [0.15, 0.2) is 42.6 Å². The summed E-state index contributed by atoms with van der Waals surface area (Å²) in [6, 6.07) is 11.1. The van der Waals surface area contributed by atoms with Gasteiger partial charge in [0.15, 0.2) is 11.5 Å². The second-order valence-corrected chi connectivity index (χ2v) is 7.00. The number of amides is 2. The molecule has 0 spiro atoms. The van der Waals surface area contributed by atoms with Gasteiger partial charge in [0.1, 0.15) is 13.2 Å². The summed E-state index contributed by atoms with van der Waals surface area (Å²) in [5.74, 6) is 0.581. The second kappa shape index (κ2) is 8.28. The zero-order valence-electron chi connectivity index (χ0n) is 16.7. The van der Waals surface area contributed by atoms with Crippen molar-refractivity contribution >= 4 is 17.5 Å². The number of carbonyl (C=O) groups excluding carboxylic acids is 2. The number of hydrogen-bond acceptors (Lipinski definition) is 5. The number of nitrogens with one attached hydrogen (secondary N) is 3. The first-order valence-electron chi connectivity index (χ1n) is 9.60. The van der Waals surface area contributed by atoms with Crippen LogP contribution in [0.4, 0.5) is 5.69 Å². The number of fused-ring (bicyclic) bond motifs is 1. The average molecular weight is 406 g/mol. The van der Waals surface area contributed by atoms with Crippen molar-refractivity contribution in [2.24, 2.45) is 0 Å². The highest BCUT2D eigenvalue weighted by Gasteiger charge is 2.19. The van der Waals surface area contributed by atoms with Crippen LogP contribution >= 0.6 is 0 Å². The molecule has 0 fully saturated rings. The van der Waals surface area contributed by atoms with Crippen LogP contribution in [0.3, 0.4) is 0 Å². The molecule has 1 aliphatic rings. The minimum atomic E-state index is -0.398. The summed E-state index contributed by atoms with van der Waals surface area (Å²) in [7, 11) is 0. The zero-order valence-corrected chi connectivity index (χ0v) is 16.7. The predicted octanol–water partition coefficient (Wildman–Crippen LogP) is 2.83. The molecule has 0 radical (unpaired) electrons. The van der Waals surface area contributed by atoms with Crippen molar-refractivity contribution < 1.29 is 19.1 Å². The molecule has 0 aliphatic carbocycles. The maximum atomic E-state index is 12.7. The van der Waals surface area contributed by atoms with Crippen molar-refractivity contribution in [3.05, 3.63) is 59.3 Å². The summed E-state index contributed by atoms with van der Waals surface area (Å²) in [6.07, 6.45) is 1.43. The molecule has 8 nitrogen and oxygen atoms in total. The van der Waals surface area contributed by atoms with Crippen LogP contribution in [0.1, 0.15) is 21.5 Å². The van der Waals surface area contributed by atoms with Gasteiger partial charge in [0.2, 0.25) is 5.91 Å². The fraction of sp³-hybridized carbons (Fsp3) is 0.227. The molecule has 1 aliphatic heterocycles. The number of aromatic nitrogens is 2. The third kappa shape index (κ3) is 3.98. The lowest BCUT2D eigenvalue weighted by Gasteiger charge is -2.18. The van der Waals surface area contributed by atoms with Crippen LogP contribution < -0.4 is 20.1 Å². The smallest absolute Gasteiger partial charge is 0.255 e. The number of benzene rings is 2. The lowest BCUT2D eigenvalue weighted by molar-refractivity contribution is -0.115. The molecule has 0 unspecified atom stereocenters. The van der Waals surface area contributed by atoms with E-state index in [4.69, 9.17) is 9.47 Å². The number of H-pyrrole nitrogens is 1. The summed E-state index contributed by atoms with van der Waals surface area (Å²) in [4.78, 5) is 24.9. The first kappa shape index (κ1) is 19.5. The number of ether oxygens (including phenoxy) is 2. The Kier molecular flexibility index (Phi) is 5.38. The Balaban J connectivity index is 1.43. The van der Waals surface area contributed by atoms with Gasteiger partial charge in [-0.15, -0.1) is 0 Å². The molecule has 2 heterocycles. The molecule has 2 amide bonds. The van der Waals surface area contributed by atoms with E-state index >= 15 is 0 Å². The Hall–Kier alpha value is -3.81. The minimum Gasteiger partial charge on any atom is -0.486 e. The zero-order chi connectivity index (χ0) is 21.1. The number of aromatic amines is 1. The number of carbonyl (C=O) groups is 2. The van der Waals surface area contributed by atoms with Crippen molar-refractivity contribution in [3.63, 3.8) is 0 Å². The van der Waals surface area contributed by atoms with Crippen molar-refractivity contribution in [3.8, 4) is 22.8 Å². The van der Waals surface area contributed by atoms with Crippen LogP contribution in [0.2, 0.25) is 0 Å². The normalized spacial score (nSPS) is 12.3. The van der Waals surface area contributed by atoms with Gasteiger partial charge in [-0.05, 0) is 49.2 Å². The molecular formula is C22H22N4O4. The standard InChI is InChI=1S/C22H22N4O4/c1-13-4-3-5-17(14(13)2)25-20(27)12-23-22(28)16-11-24-26-21(16)15-6-7-18-19(10-15)30-9-8-29-18/h3-7,10-11H,8-9,12H2,1-2H3,(H,23,28)(H,24,26)(H,25,27). The SMILES string of the molecule is Cc1cccc(NC(=O)CNC(=O)c2cn[nH]c2-c2ccc3c(c2)OCCO3)c1C. The van der Waals surface area contributed by atoms with Crippen molar-refractivity contribution in [1.82, 2.24) is 15.5 Å². The fourth-order valence-corrected chi connectivity index (χ4v) is 3.21. The largest absolute Gasteiger partial charge is 0.486 e. The lowest BCUT2D eigenvalue weighted by Crippen LogP contribution is -2.33. The van der Waals surface area contributed by atoms with E-state index in [0.29, 0.717) is 36.0 Å². The van der Waals surface area contributed by atoms with Crippen molar-refractivity contribution in [2.45, 2.75) is 13.8 Å². The van der Waals surface area contributed by atoms with E-state index in [-0.39, 0.29) is 12.5 Å². The first-order chi connectivity index (χ1) is 14.5. The highest BCUT2D eigenvalue weighted by Crippen LogP contribution is 2.34. The van der Waals surface area contributed by atoms with Gasteiger partial charge < -0.3 is 20.1 Å². The Labute approximate surface area is 173 Å². The van der Waals surface area contributed by atoms with E-state index < -0.39 is 5.91 Å². The Morgan fingerprint density at radius 1 is 1.10 bits per heavy atom. The predicted molar refractivity (Wildman–Crippen MR) is 112 cm³/mol. The van der Waals surface area contributed by atoms with Gasteiger partial charge in [0, 0.05) is 11.3 Å². The molecule has 154 valence electrons. The van der Waals surface area contributed by atoms with Gasteiger partial charge in [0.25, 0.3) is 5.91 Å². The van der Waals surface area contributed by atoms with Crippen LogP contribution in [0.5, 0.6) is 11.5 Å². The second-order valence-electron chi connectivity index (χ2n) is 7.00. The highest BCUT2D eigenvalue weighted by molar-refractivity contribution is 6.02. The highest BCUT2D eigenvalue weighted by atomic mass is 16.6. The lowest BCUT2D eigenvalue weighted by atomic mass is 10.1. The van der Waals surface area contributed by atoms with Crippen molar-refractivity contribution in [2.75, 3.05) is 25.1 Å². The Bertz CT molecular complexity index is 1110. The van der Waals surface area contributed by atoms with Gasteiger partial charge in [-0.1, -0.05) is 12.1 Å². The third-order valence-electron chi connectivity index (χ3n) is 5.00. The topological polar surface area (TPSA) is 105 Å². The molecule has 30 heavy (non-hydrogen) atoms. The number of nitrogens with zero attached hydrogens (tertiary/aromatic N) is 1. The summed E-state index contributed by atoms with van der Waals surface area (Å²) >= 11 is 0. The molecule has 0 bridgehead atoms. The van der Waals surface area contributed by atoms with Crippen LogP contribution in [0, 0.1) is 13.8 Å². The monoisotopic (exact) mass is 406 g/mol. The van der Waals surface area contributed by atoms with E-state index in [1.54, 1.807) is 12.1 Å². The quantitative estimate of drug-likeness (QED) is 0.604. The molecule has 3 N–H and O–H groups in total. The number of rotatable bonds is 5. The van der Waals surface area contributed by atoms with E-state index in [1.165, 1.54) is 6.20 Å². The number of hydrogen-bond donors (Lipinski definition) is 3. The van der Waals surface area contributed by atoms with E-state index in [0.717, 1.165) is 22.4 Å². The Morgan fingerprint density at radius 3 is 2.73 bits per heavy atom. The molecule has 2 aromatic carbocycles.